The molecule has 0 aromatic heterocycles. The Morgan fingerprint density at radius 1 is 0.897 bits per heavy atom. The molecule has 0 saturated carbocycles. The fourth-order valence-corrected chi connectivity index (χ4v) is 4.67. The van der Waals surface area contributed by atoms with Gasteiger partial charge < -0.3 is 15.5 Å². The molecule has 0 unspecified atom stereocenters. The van der Waals surface area contributed by atoms with Gasteiger partial charge in [0.05, 0.1) is 0 Å². The van der Waals surface area contributed by atoms with Crippen LogP contribution >= 0.6 is 27.7 Å². The second-order valence-electron chi connectivity index (χ2n) is 6.99. The molecule has 1 aliphatic heterocycles. The van der Waals surface area contributed by atoms with Crippen molar-refractivity contribution in [1.82, 2.24) is 4.90 Å². The summed E-state index contributed by atoms with van der Waals surface area (Å²) in [6.45, 7) is 1.63. The number of rotatable bonds is 6. The Hall–Kier alpha value is -1.99. The fraction of sp³-hybridized carbons (Fsp3) is 0.364. The highest BCUT2D eigenvalue weighted by Crippen LogP contribution is 2.27. The molecule has 0 spiro atoms. The number of hydrogen-bond acceptors (Lipinski definition) is 3. The predicted molar refractivity (Wildman–Crippen MR) is 124 cm³/mol. The quantitative estimate of drug-likeness (QED) is 0.505. The molecule has 0 bridgehead atoms. The van der Waals surface area contributed by atoms with E-state index in [-0.39, 0.29) is 11.9 Å². The van der Waals surface area contributed by atoms with Crippen LogP contribution in [0.25, 0.3) is 0 Å². The van der Waals surface area contributed by atoms with Crippen molar-refractivity contribution in [1.29, 1.82) is 0 Å². The van der Waals surface area contributed by atoms with Crippen LogP contribution in [0, 0.1) is 0 Å². The number of likely N-dealkylation sites (tertiary alicyclic amines) is 1. The average molecular weight is 476 g/mol. The maximum atomic E-state index is 12.4. The molecule has 0 atom stereocenters. The summed E-state index contributed by atoms with van der Waals surface area (Å²) >= 11 is 5.17. The molecule has 2 aromatic carbocycles. The Bertz CT molecular complexity index is 821. The molecule has 1 saturated heterocycles. The summed E-state index contributed by atoms with van der Waals surface area (Å²) in [5, 5.41) is 5.85. The zero-order valence-electron chi connectivity index (χ0n) is 16.3. The zero-order chi connectivity index (χ0) is 20.5. The Labute approximate surface area is 184 Å². The van der Waals surface area contributed by atoms with Crippen molar-refractivity contribution >= 4 is 51.0 Å². The lowest BCUT2D eigenvalue weighted by molar-refractivity contribution is -0.115. The van der Waals surface area contributed by atoms with Crippen LogP contribution in [-0.4, -0.2) is 35.7 Å². The first-order valence-corrected chi connectivity index (χ1v) is 11.7. The van der Waals surface area contributed by atoms with Crippen molar-refractivity contribution in [3.8, 4) is 0 Å². The number of urea groups is 1. The molecule has 3 amide bonds. The first-order chi connectivity index (χ1) is 14.1. The van der Waals surface area contributed by atoms with Gasteiger partial charge in [0.25, 0.3) is 0 Å². The minimum atomic E-state index is -0.0483. The molecular weight excluding hydrogens is 450 g/mol. The molecule has 5 nitrogen and oxygen atoms in total. The second-order valence-corrected chi connectivity index (χ2v) is 8.98. The number of nitrogens with zero attached hydrogens (tertiary/aromatic N) is 1. The number of benzene rings is 2. The summed E-state index contributed by atoms with van der Waals surface area (Å²) in [4.78, 5) is 27.6. The van der Waals surface area contributed by atoms with Crippen molar-refractivity contribution in [2.75, 3.05) is 29.5 Å². The van der Waals surface area contributed by atoms with Crippen LogP contribution < -0.4 is 10.6 Å². The van der Waals surface area contributed by atoms with Crippen LogP contribution in [0.5, 0.6) is 0 Å². The van der Waals surface area contributed by atoms with E-state index in [0.29, 0.717) is 12.2 Å². The van der Waals surface area contributed by atoms with Gasteiger partial charge in [0.2, 0.25) is 5.91 Å². The molecule has 1 aliphatic rings. The van der Waals surface area contributed by atoms with Gasteiger partial charge in [-0.05, 0) is 65.2 Å². The van der Waals surface area contributed by atoms with E-state index < -0.39 is 0 Å². The summed E-state index contributed by atoms with van der Waals surface area (Å²) in [6.07, 6.45) is 4.95. The molecule has 2 aromatic rings. The normalized spacial score (nSPS) is 14.2. The summed E-state index contributed by atoms with van der Waals surface area (Å²) in [5.41, 5.74) is 1.47. The van der Waals surface area contributed by atoms with Gasteiger partial charge in [-0.25, -0.2) is 4.79 Å². The van der Waals surface area contributed by atoms with Gasteiger partial charge in [0, 0.05) is 46.0 Å². The van der Waals surface area contributed by atoms with Gasteiger partial charge in [-0.15, -0.1) is 11.8 Å². The Morgan fingerprint density at radius 3 is 2.17 bits per heavy atom. The van der Waals surface area contributed by atoms with E-state index in [1.165, 1.54) is 12.8 Å². The molecule has 29 heavy (non-hydrogen) atoms. The third kappa shape index (κ3) is 7.08. The fourth-order valence-electron chi connectivity index (χ4n) is 3.15. The van der Waals surface area contributed by atoms with E-state index in [1.54, 1.807) is 11.8 Å². The highest BCUT2D eigenvalue weighted by Gasteiger charge is 2.15. The third-order valence-electron chi connectivity index (χ3n) is 4.74. The number of carbonyl (C=O) groups excluding carboxylic acids is 2. The molecule has 1 heterocycles. The zero-order valence-corrected chi connectivity index (χ0v) is 18.7. The number of carbonyl (C=O) groups is 2. The number of thioether (sulfide) groups is 1. The van der Waals surface area contributed by atoms with Gasteiger partial charge in [0.1, 0.15) is 0 Å². The molecule has 2 N–H and O–H groups in total. The molecule has 1 fully saturated rings. The Morgan fingerprint density at radius 2 is 1.52 bits per heavy atom. The first kappa shape index (κ1) is 21.7. The van der Waals surface area contributed by atoms with Crippen LogP contribution in [-0.2, 0) is 4.79 Å². The van der Waals surface area contributed by atoms with E-state index in [4.69, 9.17) is 0 Å². The minimum absolute atomic E-state index is 0.0223. The maximum Gasteiger partial charge on any atom is 0.321 e. The van der Waals surface area contributed by atoms with Gasteiger partial charge >= 0.3 is 6.03 Å². The highest BCUT2D eigenvalue weighted by molar-refractivity contribution is 9.10. The number of halogens is 1. The predicted octanol–water partition coefficient (Wildman–Crippen LogP) is 5.98. The molecule has 3 rings (SSSR count). The van der Waals surface area contributed by atoms with Crippen LogP contribution in [0.1, 0.15) is 32.1 Å². The SMILES string of the molecule is O=C(CCSc1ccccc1Br)Nc1ccc(NC(=O)N2CCCCCC2)cc1. The summed E-state index contributed by atoms with van der Waals surface area (Å²) < 4.78 is 1.04. The van der Waals surface area contributed by atoms with E-state index in [9.17, 15) is 9.59 Å². The van der Waals surface area contributed by atoms with Crippen molar-refractivity contribution in [2.45, 2.75) is 37.0 Å². The van der Waals surface area contributed by atoms with Crippen molar-refractivity contribution in [3.05, 3.63) is 53.0 Å². The highest BCUT2D eigenvalue weighted by atomic mass is 79.9. The number of amides is 3. The minimum Gasteiger partial charge on any atom is -0.326 e. The lowest BCUT2D eigenvalue weighted by Gasteiger charge is -2.20. The molecular formula is C22H26BrN3O2S. The van der Waals surface area contributed by atoms with Crippen LogP contribution in [0.3, 0.4) is 0 Å². The van der Waals surface area contributed by atoms with Crippen LogP contribution in [0.4, 0.5) is 16.2 Å². The monoisotopic (exact) mass is 475 g/mol. The molecule has 0 radical (unpaired) electrons. The van der Waals surface area contributed by atoms with Gasteiger partial charge in [0.15, 0.2) is 0 Å². The second kappa shape index (κ2) is 11.3. The van der Waals surface area contributed by atoms with E-state index in [2.05, 4.69) is 26.6 Å². The van der Waals surface area contributed by atoms with Gasteiger partial charge in [-0.2, -0.15) is 0 Å². The topological polar surface area (TPSA) is 61.4 Å². The number of hydrogen-bond donors (Lipinski definition) is 2. The van der Waals surface area contributed by atoms with Crippen molar-refractivity contribution in [2.24, 2.45) is 0 Å². The van der Waals surface area contributed by atoms with Crippen molar-refractivity contribution < 1.29 is 9.59 Å². The molecule has 154 valence electrons. The first-order valence-electron chi connectivity index (χ1n) is 9.95. The Balaban J connectivity index is 1.43. The summed E-state index contributed by atoms with van der Waals surface area (Å²) in [5.74, 6) is 0.684. The van der Waals surface area contributed by atoms with Gasteiger partial charge in [-0.1, -0.05) is 25.0 Å². The van der Waals surface area contributed by atoms with E-state index in [1.807, 2.05) is 53.4 Å². The summed E-state index contributed by atoms with van der Waals surface area (Å²) in [6, 6.07) is 15.2. The third-order valence-corrected chi connectivity index (χ3v) is 6.77. The number of nitrogens with one attached hydrogen (secondary N) is 2. The van der Waals surface area contributed by atoms with Crippen LogP contribution in [0.15, 0.2) is 57.9 Å². The lowest BCUT2D eigenvalue weighted by Crippen LogP contribution is -2.35. The summed E-state index contributed by atoms with van der Waals surface area (Å²) in [7, 11) is 0. The Kier molecular flexibility index (Phi) is 8.43. The lowest BCUT2D eigenvalue weighted by atomic mass is 10.2. The molecule has 0 aliphatic carbocycles. The van der Waals surface area contributed by atoms with Gasteiger partial charge in [-0.3, -0.25) is 4.79 Å². The smallest absolute Gasteiger partial charge is 0.321 e. The van der Waals surface area contributed by atoms with Crippen molar-refractivity contribution in [3.63, 3.8) is 0 Å². The molecule has 7 heteroatoms. The van der Waals surface area contributed by atoms with Crippen LogP contribution in [0.2, 0.25) is 0 Å². The standard InChI is InChI=1S/C22H26BrN3O2S/c23-19-7-3-4-8-20(19)29-16-13-21(27)24-17-9-11-18(12-10-17)25-22(28)26-14-5-1-2-6-15-26/h3-4,7-12H,1-2,5-6,13-16H2,(H,24,27)(H,25,28). The maximum absolute atomic E-state index is 12.4. The van der Waals surface area contributed by atoms with E-state index in [0.717, 1.165) is 46.7 Å². The number of anilines is 2. The van der Waals surface area contributed by atoms with E-state index >= 15 is 0 Å². The largest absolute Gasteiger partial charge is 0.326 e. The average Bonchev–Trinajstić information content (AvgIpc) is 3.01.